The van der Waals surface area contributed by atoms with E-state index in [-0.39, 0.29) is 0 Å². The molecule has 0 aliphatic carbocycles. The minimum Gasteiger partial charge on any atom is -0.248 e. The van der Waals surface area contributed by atoms with Gasteiger partial charge in [0.15, 0.2) is 0 Å². The predicted molar refractivity (Wildman–Crippen MR) is 78.9 cm³/mol. The van der Waals surface area contributed by atoms with Crippen LogP contribution in [0.1, 0.15) is 16.8 Å². The summed E-state index contributed by atoms with van der Waals surface area (Å²) in [4.78, 5) is 4.22. The molecule has 1 aromatic heterocycles. The third kappa shape index (κ3) is 2.34. The van der Waals surface area contributed by atoms with Crippen molar-refractivity contribution in [2.45, 2.75) is 6.92 Å². The Bertz CT molecular complexity index is 772. The maximum absolute atomic E-state index is 4.22. The molecule has 0 amide bonds. The van der Waals surface area contributed by atoms with E-state index in [4.69, 9.17) is 0 Å². The Morgan fingerprint density at radius 2 is 1.68 bits per heavy atom. The summed E-state index contributed by atoms with van der Waals surface area (Å²) in [7, 11) is 0. The molecule has 0 spiro atoms. The lowest BCUT2D eigenvalue weighted by molar-refractivity contribution is 1.29. The molecule has 0 saturated heterocycles. The third-order valence-electron chi connectivity index (χ3n) is 3.10. The van der Waals surface area contributed by atoms with Gasteiger partial charge in [-0.2, -0.15) is 0 Å². The Hall–Kier alpha value is -2.59. The highest BCUT2D eigenvalue weighted by molar-refractivity contribution is 5.91. The molecule has 0 saturated carbocycles. The maximum Gasteiger partial charge on any atom is 0.113 e. The second kappa shape index (κ2) is 4.96. The predicted octanol–water partition coefficient (Wildman–Crippen LogP) is 3.94. The van der Waals surface area contributed by atoms with E-state index < -0.39 is 0 Å². The second-order valence-electron chi connectivity index (χ2n) is 4.44. The Morgan fingerprint density at radius 1 is 0.842 bits per heavy atom. The molecule has 0 aliphatic heterocycles. The Morgan fingerprint density at radius 3 is 2.47 bits per heavy atom. The normalized spacial score (nSPS) is 9.95. The zero-order valence-electron chi connectivity index (χ0n) is 10.7. The first-order chi connectivity index (χ1) is 9.34. The molecule has 0 fully saturated rings. The van der Waals surface area contributed by atoms with Crippen LogP contribution in [0.25, 0.3) is 10.8 Å². The number of hydrogen-bond acceptors (Lipinski definition) is 1. The minimum absolute atomic E-state index is 0.799. The number of benzene rings is 2. The van der Waals surface area contributed by atoms with Gasteiger partial charge in [0.2, 0.25) is 0 Å². The summed E-state index contributed by atoms with van der Waals surface area (Å²) in [6.07, 6.45) is 1.76. The molecule has 1 heterocycles. The van der Waals surface area contributed by atoms with Crippen LogP contribution < -0.4 is 0 Å². The van der Waals surface area contributed by atoms with Crippen LogP contribution in [0.5, 0.6) is 0 Å². The van der Waals surface area contributed by atoms with Crippen molar-refractivity contribution >= 4 is 10.8 Å². The van der Waals surface area contributed by atoms with Crippen LogP contribution in [0.4, 0.5) is 0 Å². The highest BCUT2D eigenvalue weighted by atomic mass is 14.6. The maximum atomic E-state index is 4.22. The van der Waals surface area contributed by atoms with Gasteiger partial charge in [-0.25, -0.2) is 4.98 Å². The molecule has 0 bridgehead atoms. The number of hydrogen-bond donors (Lipinski definition) is 0. The highest BCUT2D eigenvalue weighted by Gasteiger charge is 2.00. The van der Waals surface area contributed by atoms with Crippen molar-refractivity contribution in [3.05, 3.63) is 77.6 Å². The summed E-state index contributed by atoms with van der Waals surface area (Å²) in [6, 6.07) is 18.3. The largest absolute Gasteiger partial charge is 0.248 e. The number of nitrogens with zero attached hydrogens (tertiary/aromatic N) is 1. The number of aryl methyl sites for hydroxylation is 1. The zero-order chi connectivity index (χ0) is 13.1. The van der Waals surface area contributed by atoms with Gasteiger partial charge in [0.1, 0.15) is 5.69 Å². The first-order valence-corrected chi connectivity index (χ1v) is 6.26. The fourth-order valence-electron chi connectivity index (χ4n) is 2.20. The average Bonchev–Trinajstić information content (AvgIpc) is 2.46. The Balaban J connectivity index is 2.15. The smallest absolute Gasteiger partial charge is 0.113 e. The van der Waals surface area contributed by atoms with Crippen LogP contribution in [0, 0.1) is 18.8 Å². The lowest BCUT2D eigenvalue weighted by atomic mass is 10.0. The van der Waals surface area contributed by atoms with Crippen LogP contribution in [-0.2, 0) is 0 Å². The van der Waals surface area contributed by atoms with Gasteiger partial charge in [-0.05, 0) is 42.0 Å². The van der Waals surface area contributed by atoms with Crippen molar-refractivity contribution in [3.63, 3.8) is 0 Å². The van der Waals surface area contributed by atoms with Crippen LogP contribution in [-0.4, -0.2) is 4.98 Å². The molecule has 0 N–H and O–H groups in total. The van der Waals surface area contributed by atoms with Crippen LogP contribution in [0.2, 0.25) is 0 Å². The van der Waals surface area contributed by atoms with Crippen molar-refractivity contribution in [1.29, 1.82) is 0 Å². The lowest BCUT2D eigenvalue weighted by Crippen LogP contribution is -1.84. The molecule has 3 aromatic rings. The molecule has 0 atom stereocenters. The molecule has 1 heteroatoms. The second-order valence-corrected chi connectivity index (χ2v) is 4.44. The topological polar surface area (TPSA) is 12.9 Å². The third-order valence-corrected chi connectivity index (χ3v) is 3.10. The van der Waals surface area contributed by atoms with Crippen LogP contribution in [0.3, 0.4) is 0 Å². The summed E-state index contributed by atoms with van der Waals surface area (Å²) in [5, 5.41) is 2.46. The first-order valence-electron chi connectivity index (χ1n) is 6.26. The lowest BCUT2D eigenvalue weighted by Gasteiger charge is -2.03. The van der Waals surface area contributed by atoms with Crippen molar-refractivity contribution in [1.82, 2.24) is 4.98 Å². The van der Waals surface area contributed by atoms with Gasteiger partial charge >= 0.3 is 0 Å². The van der Waals surface area contributed by atoms with E-state index >= 15 is 0 Å². The fourth-order valence-corrected chi connectivity index (χ4v) is 2.20. The van der Waals surface area contributed by atoms with Gasteiger partial charge in [0.25, 0.3) is 0 Å². The van der Waals surface area contributed by atoms with Gasteiger partial charge in [-0.3, -0.25) is 0 Å². The summed E-state index contributed by atoms with van der Waals surface area (Å²) in [5.41, 5.74) is 3.11. The van der Waals surface area contributed by atoms with E-state index in [9.17, 15) is 0 Å². The molecule has 90 valence electrons. The Labute approximate surface area is 112 Å². The molecular weight excluding hydrogens is 230 g/mol. The molecule has 3 rings (SSSR count). The molecule has 19 heavy (non-hydrogen) atoms. The van der Waals surface area contributed by atoms with E-state index in [1.54, 1.807) is 6.20 Å². The zero-order valence-corrected chi connectivity index (χ0v) is 10.7. The van der Waals surface area contributed by atoms with E-state index in [2.05, 4.69) is 54.1 Å². The number of fused-ring (bicyclic) bond motifs is 1. The van der Waals surface area contributed by atoms with Crippen molar-refractivity contribution in [3.8, 4) is 11.8 Å². The molecule has 2 aromatic carbocycles. The van der Waals surface area contributed by atoms with Gasteiger partial charge in [-0.1, -0.05) is 42.3 Å². The monoisotopic (exact) mass is 243 g/mol. The highest BCUT2D eigenvalue weighted by Crippen LogP contribution is 2.21. The molecular formula is C18H13N. The summed E-state index contributed by atoms with van der Waals surface area (Å²) < 4.78 is 0. The summed E-state index contributed by atoms with van der Waals surface area (Å²) >= 11 is 0. The van der Waals surface area contributed by atoms with E-state index in [1.165, 1.54) is 16.3 Å². The standard InChI is InChI=1S/C18H13N/c1-14-6-4-7-15-8-5-9-16(18(14)15)11-12-17-10-2-3-13-19-17/h2-10,13H,1H3. The summed E-state index contributed by atoms with van der Waals surface area (Å²) in [6.45, 7) is 2.12. The number of aromatic nitrogens is 1. The number of rotatable bonds is 0. The quantitative estimate of drug-likeness (QED) is 0.545. The molecule has 1 nitrogen and oxygen atoms in total. The number of pyridine rings is 1. The minimum atomic E-state index is 0.799. The Kier molecular flexibility index (Phi) is 3.00. The van der Waals surface area contributed by atoms with Crippen molar-refractivity contribution < 1.29 is 0 Å². The van der Waals surface area contributed by atoms with Crippen LogP contribution >= 0.6 is 0 Å². The molecule has 0 aliphatic rings. The first kappa shape index (κ1) is 11.5. The van der Waals surface area contributed by atoms with Crippen molar-refractivity contribution in [2.24, 2.45) is 0 Å². The average molecular weight is 243 g/mol. The van der Waals surface area contributed by atoms with Gasteiger partial charge in [0, 0.05) is 17.1 Å². The summed E-state index contributed by atoms with van der Waals surface area (Å²) in [5.74, 6) is 6.35. The van der Waals surface area contributed by atoms with Gasteiger partial charge in [0.05, 0.1) is 0 Å². The fraction of sp³-hybridized carbons (Fsp3) is 0.0556. The van der Waals surface area contributed by atoms with Gasteiger partial charge in [-0.15, -0.1) is 0 Å². The SMILES string of the molecule is Cc1cccc2cccc(C#Cc3ccccn3)c12. The van der Waals surface area contributed by atoms with E-state index in [0.29, 0.717) is 0 Å². The molecule has 0 radical (unpaired) electrons. The van der Waals surface area contributed by atoms with Gasteiger partial charge < -0.3 is 0 Å². The van der Waals surface area contributed by atoms with Crippen molar-refractivity contribution in [2.75, 3.05) is 0 Å². The van der Waals surface area contributed by atoms with E-state index in [0.717, 1.165) is 11.3 Å². The van der Waals surface area contributed by atoms with E-state index in [1.807, 2.05) is 24.3 Å². The molecule has 0 unspecified atom stereocenters. The van der Waals surface area contributed by atoms with Crippen LogP contribution in [0.15, 0.2) is 60.8 Å².